The lowest BCUT2D eigenvalue weighted by molar-refractivity contribution is 0.107. The van der Waals surface area contributed by atoms with Crippen LogP contribution in [0, 0.1) is 25.5 Å². The maximum atomic E-state index is 16.9. The number of benzene rings is 2. The van der Waals surface area contributed by atoms with E-state index in [1.807, 2.05) is 13.0 Å². The van der Waals surface area contributed by atoms with E-state index in [2.05, 4.69) is 30.4 Å². The van der Waals surface area contributed by atoms with Crippen LogP contribution in [0.1, 0.15) is 43.2 Å². The van der Waals surface area contributed by atoms with Gasteiger partial charge >= 0.3 is 6.01 Å². The number of nitrogens with zero attached hydrogens (tertiary/aromatic N) is 5. The molecule has 6 heterocycles. The first-order valence-corrected chi connectivity index (χ1v) is 15.8. The van der Waals surface area contributed by atoms with Gasteiger partial charge in [0.1, 0.15) is 29.9 Å². The van der Waals surface area contributed by atoms with E-state index in [0.29, 0.717) is 54.4 Å². The molecule has 0 amide bonds. The molecule has 2 N–H and O–H groups in total. The van der Waals surface area contributed by atoms with Crippen LogP contribution in [0.2, 0.25) is 0 Å². The number of ether oxygens (including phenoxy) is 1. The summed E-state index contributed by atoms with van der Waals surface area (Å²) in [7, 11) is 0. The molecule has 4 saturated heterocycles. The molecular weight excluding hydrogens is 605 g/mol. The number of hydrogen-bond donors (Lipinski definition) is 2. The van der Waals surface area contributed by atoms with Crippen molar-refractivity contribution in [3.05, 3.63) is 53.2 Å². The topological polar surface area (TPSA) is 82.2 Å². The number of aromatic amines is 1. The van der Waals surface area contributed by atoms with E-state index in [9.17, 15) is 13.2 Å². The van der Waals surface area contributed by atoms with Gasteiger partial charge in [-0.2, -0.15) is 23.8 Å². The number of aromatic nitrogens is 4. The number of anilines is 1. The van der Waals surface area contributed by atoms with E-state index in [1.54, 1.807) is 18.0 Å². The molecule has 0 spiro atoms. The van der Waals surface area contributed by atoms with Crippen LogP contribution in [0.25, 0.3) is 32.9 Å². The van der Waals surface area contributed by atoms with Gasteiger partial charge < -0.3 is 15.0 Å². The zero-order valence-corrected chi connectivity index (χ0v) is 25.6. The van der Waals surface area contributed by atoms with Crippen LogP contribution < -0.4 is 15.0 Å². The molecule has 4 fully saturated rings. The molecule has 8 rings (SSSR count). The van der Waals surface area contributed by atoms with Crippen molar-refractivity contribution in [2.75, 3.05) is 37.7 Å². The van der Waals surface area contributed by atoms with Crippen LogP contribution in [0.5, 0.6) is 6.01 Å². The number of hydrogen-bond acceptors (Lipinski definition) is 7. The first-order valence-electron chi connectivity index (χ1n) is 15.8. The standard InChI is InChI=1S/C33H34F5N7O/c1-17-8-24-22(12-39-43-24)26(18(17)2)27-23(35)9-21-29(28(27)38)40-31(46-16-33-5-3-7-45(33)13-19(34)10-33)41-30(21)44-14-20-4-6-32(15-44,42-20)11-25(36)37/h8-9,11-12,19-20,42H,3-7,10,13-16H2,1-2H3,(H,39,43)/t19-,20-,32-,33?/m1/s1. The van der Waals surface area contributed by atoms with E-state index >= 15 is 8.78 Å². The number of H-pyrrole nitrogens is 1. The maximum absolute atomic E-state index is 16.9. The van der Waals surface area contributed by atoms with E-state index in [-0.39, 0.29) is 47.5 Å². The van der Waals surface area contributed by atoms with Crippen molar-refractivity contribution < 1.29 is 26.7 Å². The predicted octanol–water partition coefficient (Wildman–Crippen LogP) is 6.11. The molecule has 4 atom stereocenters. The van der Waals surface area contributed by atoms with E-state index < -0.39 is 35.0 Å². The Morgan fingerprint density at radius 1 is 1.11 bits per heavy atom. The highest BCUT2D eigenvalue weighted by molar-refractivity contribution is 6.01. The number of halogens is 5. The summed E-state index contributed by atoms with van der Waals surface area (Å²) in [5, 5.41) is 11.0. The molecule has 1 unspecified atom stereocenters. The summed E-state index contributed by atoms with van der Waals surface area (Å²) in [6.07, 6.45) is 2.86. The number of nitrogens with one attached hydrogen (secondary N) is 2. The molecule has 8 nitrogen and oxygen atoms in total. The largest absolute Gasteiger partial charge is 0.461 e. The highest BCUT2D eigenvalue weighted by Crippen LogP contribution is 2.44. The van der Waals surface area contributed by atoms with Gasteiger partial charge in [0.05, 0.1) is 28.4 Å². The third-order valence-electron chi connectivity index (χ3n) is 10.6. The van der Waals surface area contributed by atoms with E-state index in [0.717, 1.165) is 31.0 Å². The zero-order chi connectivity index (χ0) is 32.0. The van der Waals surface area contributed by atoms with Gasteiger partial charge in [-0.3, -0.25) is 10.00 Å². The van der Waals surface area contributed by atoms with Crippen molar-refractivity contribution in [1.29, 1.82) is 0 Å². The van der Waals surface area contributed by atoms with Gasteiger partial charge in [0.25, 0.3) is 6.08 Å². The lowest BCUT2D eigenvalue weighted by atomic mass is 9.92. The number of piperazine rings is 1. The quantitative estimate of drug-likeness (QED) is 0.246. The molecule has 0 radical (unpaired) electrons. The highest BCUT2D eigenvalue weighted by Gasteiger charge is 2.50. The molecule has 4 aromatic rings. The molecule has 0 aliphatic carbocycles. The third-order valence-corrected chi connectivity index (χ3v) is 10.6. The molecule has 4 aliphatic heterocycles. The van der Waals surface area contributed by atoms with Gasteiger partial charge in [0, 0.05) is 54.5 Å². The number of rotatable bonds is 6. The summed E-state index contributed by atoms with van der Waals surface area (Å²) in [4.78, 5) is 13.1. The van der Waals surface area contributed by atoms with Gasteiger partial charge in [0.15, 0.2) is 5.82 Å². The molecular formula is C33H34F5N7O. The Morgan fingerprint density at radius 2 is 1.96 bits per heavy atom. The van der Waals surface area contributed by atoms with Crippen molar-refractivity contribution in [3.63, 3.8) is 0 Å². The second-order valence-corrected chi connectivity index (χ2v) is 13.5. The van der Waals surface area contributed by atoms with Crippen molar-refractivity contribution >= 4 is 27.6 Å². The summed E-state index contributed by atoms with van der Waals surface area (Å²) in [5.74, 6) is -1.48. The fourth-order valence-electron chi connectivity index (χ4n) is 8.44. The normalized spacial score (nSPS) is 27.6. The van der Waals surface area contributed by atoms with Crippen LogP contribution >= 0.6 is 0 Å². The van der Waals surface area contributed by atoms with Crippen molar-refractivity contribution in [1.82, 2.24) is 30.4 Å². The Labute approximate surface area is 262 Å². The second-order valence-electron chi connectivity index (χ2n) is 13.5. The summed E-state index contributed by atoms with van der Waals surface area (Å²) in [5.41, 5.74) is 0.636. The minimum Gasteiger partial charge on any atom is -0.461 e. The van der Waals surface area contributed by atoms with Crippen molar-refractivity contribution in [2.24, 2.45) is 0 Å². The number of fused-ring (bicyclic) bond motifs is 5. The number of alkyl halides is 1. The smallest absolute Gasteiger partial charge is 0.319 e. The Hall–Kier alpha value is -3.84. The molecule has 242 valence electrons. The lowest BCUT2D eigenvalue weighted by Crippen LogP contribution is -2.59. The Kier molecular flexibility index (Phi) is 6.81. The van der Waals surface area contributed by atoms with Gasteiger partial charge in [-0.05, 0) is 69.3 Å². The van der Waals surface area contributed by atoms with Crippen LogP contribution in [-0.2, 0) is 0 Å². The first kappa shape index (κ1) is 29.6. The van der Waals surface area contributed by atoms with Gasteiger partial charge in [-0.25, -0.2) is 13.2 Å². The molecule has 2 aromatic heterocycles. The number of aryl methyl sites for hydroxylation is 1. The van der Waals surface area contributed by atoms with Crippen LogP contribution in [-0.4, -0.2) is 81.1 Å². The molecule has 4 aliphatic rings. The summed E-state index contributed by atoms with van der Waals surface area (Å²) < 4.78 is 81.0. The molecule has 46 heavy (non-hydrogen) atoms. The van der Waals surface area contributed by atoms with Gasteiger partial charge in [-0.1, -0.05) is 0 Å². The Balaban J connectivity index is 1.29. The monoisotopic (exact) mass is 639 g/mol. The Bertz CT molecular complexity index is 1910. The third kappa shape index (κ3) is 4.64. The van der Waals surface area contributed by atoms with E-state index in [4.69, 9.17) is 4.74 Å². The molecule has 2 aromatic carbocycles. The highest BCUT2D eigenvalue weighted by atomic mass is 19.3. The average Bonchev–Trinajstić information content (AvgIpc) is 3.75. The van der Waals surface area contributed by atoms with E-state index in [1.165, 1.54) is 6.07 Å². The molecule has 13 heteroatoms. The maximum Gasteiger partial charge on any atom is 0.319 e. The molecule has 0 saturated carbocycles. The van der Waals surface area contributed by atoms with Crippen molar-refractivity contribution in [3.8, 4) is 17.1 Å². The zero-order valence-electron chi connectivity index (χ0n) is 25.6. The second kappa shape index (κ2) is 10.6. The fraction of sp³-hybridized carbons (Fsp3) is 0.485. The predicted molar refractivity (Wildman–Crippen MR) is 164 cm³/mol. The van der Waals surface area contributed by atoms with Crippen LogP contribution in [0.4, 0.5) is 27.8 Å². The lowest BCUT2D eigenvalue weighted by Gasteiger charge is -2.40. The van der Waals surface area contributed by atoms with Crippen molar-refractivity contribution in [2.45, 2.75) is 69.2 Å². The minimum atomic E-state index is -1.80. The average molecular weight is 640 g/mol. The first-order chi connectivity index (χ1) is 22.0. The summed E-state index contributed by atoms with van der Waals surface area (Å²) >= 11 is 0. The van der Waals surface area contributed by atoms with Gasteiger partial charge in [-0.15, -0.1) is 0 Å². The summed E-state index contributed by atoms with van der Waals surface area (Å²) in [6.45, 7) is 5.41. The van der Waals surface area contributed by atoms with Crippen LogP contribution in [0.3, 0.4) is 0 Å². The Morgan fingerprint density at radius 3 is 2.78 bits per heavy atom. The van der Waals surface area contributed by atoms with Crippen LogP contribution in [0.15, 0.2) is 30.5 Å². The summed E-state index contributed by atoms with van der Waals surface area (Å²) in [6, 6.07) is 2.86. The SMILES string of the molecule is Cc1cc2[nH]ncc2c(-c2c(F)cc3c(N4C[C@H]5CC[C@@](C=C(F)F)(C4)N5)nc(OCC45CCCN4C[C@H](F)C5)nc3c2F)c1C. The van der Waals surface area contributed by atoms with Gasteiger partial charge in [0.2, 0.25) is 0 Å². The fourth-order valence-corrected chi connectivity index (χ4v) is 8.44. The molecule has 2 bridgehead atoms. The minimum absolute atomic E-state index is 0.116.